The first-order valence-corrected chi connectivity index (χ1v) is 40.7. The van der Waals surface area contributed by atoms with E-state index in [1.54, 1.807) is 42.7 Å². The fraction of sp³-hybridized carbons (Fsp3) is 0.568. The summed E-state index contributed by atoms with van der Waals surface area (Å²) in [5, 5.41) is 14.2. The van der Waals surface area contributed by atoms with E-state index in [1.165, 1.54) is 83.5 Å². The maximum atomic E-state index is 14.0. The second kappa shape index (κ2) is 59.3. The van der Waals surface area contributed by atoms with Crippen LogP contribution in [0.15, 0.2) is 91.3 Å². The molecule has 1 aromatic heterocycles. The maximum Gasteiger partial charge on any atom is 0.450 e. The molecule has 0 spiro atoms. The van der Waals surface area contributed by atoms with E-state index < -0.39 is 154 Å². The number of hydrogen-bond acceptors (Lipinski definition) is 15. The Hall–Kier alpha value is -9.45. The van der Waals surface area contributed by atoms with Gasteiger partial charge in [0.2, 0.25) is 58.3 Å². The number of alkyl halides is 3. The first-order valence-electron chi connectivity index (χ1n) is 40.7. The van der Waals surface area contributed by atoms with Crippen molar-refractivity contribution >= 4 is 53.4 Å². The Labute approximate surface area is 688 Å². The van der Waals surface area contributed by atoms with Crippen molar-refractivity contribution in [2.75, 3.05) is 0 Å². The predicted molar refractivity (Wildman–Crippen MR) is 419 cm³/mol. The molecule has 0 aliphatic carbocycles. The van der Waals surface area contributed by atoms with Crippen LogP contribution in [-0.2, 0) is 81.7 Å². The number of unbranched alkanes of at least 4 members (excludes halogenated alkanes) is 26. The number of nitrogens with zero attached hydrogens (tertiary/aromatic N) is 1. The molecule has 0 saturated heterocycles. The molecule has 0 saturated carbocycles. The normalized spacial score (nSPS) is 11.7. The fourth-order valence-electron chi connectivity index (χ4n) is 11.6. The standard InChI is InChI=1S/C40H54F5NO7.C34H55NO7.C9H2F8O.C5H5N/c1-40(2,3)53-32(49)24-20-15-13-11-9-7-5-4-6-8-10-12-14-19-23-30(47)46-29(39(50)51-27-28-21-17-16-18-22-28)25-26-31(48)52-38-36(44)34(42)33(41)35(43)37(38)45;1-34(2,3)42-32(39)24-20-15-13-11-9-7-5-4-6-8-10-12-14-19-23-30(36)35-29(25-26-31(37)38)33(40)41-27-28-21-17-16-18-22-28;10-4-2(1-3(18)9(15,16)17)5(11)7(13)8(14)6(4)12;1-2-4-6-5-3-1/h16-18,21-22,29H,4-15,19-20,23-27H2,1-3H3,(H,46,47);16-18,21-22,29H,4-15,19-20,23-27H2,1-3H3,(H,35,36)(H,37,38);1H2;1-5H/t2*29-;;/m00../s1. The van der Waals surface area contributed by atoms with E-state index in [-0.39, 0.29) is 50.3 Å². The predicted octanol–water partition coefficient (Wildman–Crippen LogP) is 21.7. The van der Waals surface area contributed by atoms with Crippen molar-refractivity contribution in [2.24, 2.45) is 0 Å². The number of nitrogens with one attached hydrogen (secondary N) is 2. The minimum atomic E-state index is -5.43. The smallest absolute Gasteiger partial charge is 0.450 e. The quantitative estimate of drug-likeness (QED) is 0.00622. The molecule has 0 aliphatic rings. The molecule has 119 heavy (non-hydrogen) atoms. The van der Waals surface area contributed by atoms with Crippen molar-refractivity contribution < 1.29 is 129 Å². The first-order chi connectivity index (χ1) is 56.3. The molecular weight excluding hydrogens is 1590 g/mol. The zero-order chi connectivity index (χ0) is 88.8. The highest BCUT2D eigenvalue weighted by molar-refractivity contribution is 5.87. The van der Waals surface area contributed by atoms with Gasteiger partial charge in [0, 0.05) is 62.9 Å². The van der Waals surface area contributed by atoms with E-state index in [0.29, 0.717) is 31.2 Å². The molecule has 5 aromatic rings. The average molecular weight is 1700 g/mol. The van der Waals surface area contributed by atoms with Gasteiger partial charge in [0.1, 0.15) is 36.5 Å². The lowest BCUT2D eigenvalue weighted by Crippen LogP contribution is -2.42. The van der Waals surface area contributed by atoms with Crippen molar-refractivity contribution in [1.29, 1.82) is 0 Å². The Morgan fingerprint density at radius 3 is 0.933 bits per heavy atom. The fourth-order valence-corrected chi connectivity index (χ4v) is 11.6. The number of benzene rings is 4. The molecule has 0 radical (unpaired) electrons. The van der Waals surface area contributed by atoms with E-state index in [1.807, 2.05) is 90.1 Å². The Balaban J connectivity index is 0.000000638. The van der Waals surface area contributed by atoms with Crippen LogP contribution in [0.3, 0.4) is 0 Å². The van der Waals surface area contributed by atoms with E-state index in [0.717, 1.165) is 95.5 Å². The number of ketones is 1. The molecule has 31 heteroatoms. The van der Waals surface area contributed by atoms with E-state index >= 15 is 0 Å². The van der Waals surface area contributed by atoms with Gasteiger partial charge in [-0.3, -0.25) is 38.5 Å². The van der Waals surface area contributed by atoms with Gasteiger partial charge in [-0.15, -0.1) is 0 Å². The molecule has 2 atom stereocenters. The third kappa shape index (κ3) is 49.0. The first kappa shape index (κ1) is 106. The highest BCUT2D eigenvalue weighted by Gasteiger charge is 2.40. The van der Waals surface area contributed by atoms with Gasteiger partial charge in [0.25, 0.3) is 0 Å². The van der Waals surface area contributed by atoms with Crippen LogP contribution in [0.2, 0.25) is 0 Å². The molecule has 4 aromatic carbocycles. The summed E-state index contributed by atoms with van der Waals surface area (Å²) in [6.07, 6.45) is 26.7. The molecule has 3 N–H and O–H groups in total. The number of carbonyl (C=O) groups is 9. The van der Waals surface area contributed by atoms with Gasteiger partial charge in [0.05, 0.1) is 0 Å². The third-order valence-corrected chi connectivity index (χ3v) is 17.8. The molecule has 0 bridgehead atoms. The summed E-state index contributed by atoms with van der Waals surface area (Å²) < 4.78 is 193. The van der Waals surface area contributed by atoms with Crippen LogP contribution in [-0.4, -0.2) is 93.0 Å². The lowest BCUT2D eigenvalue weighted by atomic mass is 10.0. The summed E-state index contributed by atoms with van der Waals surface area (Å²) in [6, 6.07) is 21.3. The largest absolute Gasteiger partial charge is 0.481 e. The number of aromatic nitrogens is 1. The number of amides is 2. The minimum Gasteiger partial charge on any atom is -0.481 e. The number of pyridine rings is 1. The zero-order valence-electron chi connectivity index (χ0n) is 68.9. The SMILES string of the molecule is CC(C)(C)OC(=O)CCCCCCCCCCCCCCCCC(=O)N[C@@H](CCC(=O)O)C(=O)OCc1ccccc1.CC(C)(C)OC(=O)CCCCCCCCCCCCCCCCC(=O)N[C@@H](CCC(=O)Oc1c(F)c(F)c(F)c(F)c1F)C(=O)OCc1ccccc1.O=C(Cc1c(F)c(F)c(F)c(F)c1F)C(F)(F)F.c1ccncc1. The van der Waals surface area contributed by atoms with Crippen LogP contribution in [0.5, 0.6) is 5.75 Å². The van der Waals surface area contributed by atoms with E-state index in [9.17, 15) is 100 Å². The van der Waals surface area contributed by atoms with Crippen molar-refractivity contribution in [2.45, 2.75) is 322 Å². The van der Waals surface area contributed by atoms with Crippen LogP contribution in [0.4, 0.5) is 57.1 Å². The Bertz CT molecular complexity index is 3740. The summed E-state index contributed by atoms with van der Waals surface area (Å²) >= 11 is 0. The number of carbonyl (C=O) groups excluding carboxylic acids is 8. The Morgan fingerprint density at radius 1 is 0.361 bits per heavy atom. The number of aliphatic carboxylic acids is 1. The highest BCUT2D eigenvalue weighted by atomic mass is 19.4. The van der Waals surface area contributed by atoms with Gasteiger partial charge in [-0.1, -0.05) is 221 Å². The Morgan fingerprint density at radius 2 is 0.647 bits per heavy atom. The molecular formula is C88H116F13N3O15. The van der Waals surface area contributed by atoms with Crippen molar-refractivity contribution in [3.05, 3.63) is 166 Å². The molecule has 1 heterocycles. The number of carboxylic acid groups (broad SMARTS) is 1. The van der Waals surface area contributed by atoms with Crippen molar-refractivity contribution in [1.82, 2.24) is 15.6 Å². The number of rotatable bonds is 51. The van der Waals surface area contributed by atoms with Crippen LogP contribution in [0, 0.1) is 58.2 Å². The molecule has 5 rings (SSSR count). The number of carboxylic acids is 1. The number of halogens is 13. The summed E-state index contributed by atoms with van der Waals surface area (Å²) in [7, 11) is 0. The monoisotopic (exact) mass is 1700 g/mol. The molecule has 0 fully saturated rings. The molecule has 2 amide bonds. The third-order valence-electron chi connectivity index (χ3n) is 17.8. The topological polar surface area (TPSA) is 257 Å². The Kier molecular flexibility index (Phi) is 52.6. The van der Waals surface area contributed by atoms with Crippen LogP contribution >= 0.6 is 0 Å². The number of Topliss-reactive ketones (excluding diaryl/α,β-unsaturated/α-hetero) is 1. The molecule has 0 unspecified atom stereocenters. The summed E-state index contributed by atoms with van der Waals surface area (Å²) in [5.74, 6) is -33.0. The number of hydrogen-bond donors (Lipinski definition) is 3. The van der Waals surface area contributed by atoms with Crippen LogP contribution in [0.1, 0.15) is 289 Å². The number of esters is 5. The second-order valence-electron chi connectivity index (χ2n) is 30.5. The van der Waals surface area contributed by atoms with E-state index in [2.05, 4.69) is 20.4 Å². The van der Waals surface area contributed by atoms with Crippen molar-refractivity contribution in [3.8, 4) is 5.75 Å². The van der Waals surface area contributed by atoms with E-state index in [4.69, 9.17) is 24.1 Å². The minimum absolute atomic E-state index is 0.00451. The zero-order valence-corrected chi connectivity index (χ0v) is 68.9. The highest BCUT2D eigenvalue weighted by Crippen LogP contribution is 2.31. The lowest BCUT2D eigenvalue weighted by Gasteiger charge is -2.19. The van der Waals surface area contributed by atoms with Gasteiger partial charge in [0.15, 0.2) is 23.3 Å². The summed E-state index contributed by atoms with van der Waals surface area (Å²) in [6.45, 7) is 11.3. The van der Waals surface area contributed by atoms with Gasteiger partial charge in [-0.25, -0.2) is 44.7 Å². The molecule has 18 nitrogen and oxygen atoms in total. The molecule has 664 valence electrons. The average Bonchev–Trinajstić information content (AvgIpc) is 0.798. The van der Waals surface area contributed by atoms with Gasteiger partial charge in [-0.2, -0.15) is 22.0 Å². The maximum absolute atomic E-state index is 14.0. The van der Waals surface area contributed by atoms with Gasteiger partial charge in [-0.05, 0) is 103 Å². The number of ether oxygens (including phenoxy) is 5. The van der Waals surface area contributed by atoms with Crippen LogP contribution in [0.25, 0.3) is 0 Å². The van der Waals surface area contributed by atoms with Crippen LogP contribution < -0.4 is 15.4 Å². The second-order valence-corrected chi connectivity index (χ2v) is 30.5. The van der Waals surface area contributed by atoms with Gasteiger partial charge < -0.3 is 39.4 Å². The molecule has 0 aliphatic heterocycles. The van der Waals surface area contributed by atoms with Crippen molar-refractivity contribution in [3.63, 3.8) is 0 Å². The lowest BCUT2D eigenvalue weighted by molar-refractivity contribution is -0.170. The summed E-state index contributed by atoms with van der Waals surface area (Å²) in [5.41, 5.74) is -1.14. The summed E-state index contributed by atoms with van der Waals surface area (Å²) in [4.78, 5) is 111. The van der Waals surface area contributed by atoms with Gasteiger partial charge >= 0.3 is 42.0 Å².